The van der Waals surface area contributed by atoms with Gasteiger partial charge in [0.15, 0.2) is 0 Å². The molecule has 14 heavy (non-hydrogen) atoms. The molecule has 2 nitrogen and oxygen atoms in total. The molecule has 0 N–H and O–H groups in total. The van der Waals surface area contributed by atoms with Gasteiger partial charge >= 0.3 is 0 Å². The zero-order valence-electron chi connectivity index (χ0n) is 8.85. The molecular formula is C10H16Cl2N2. The summed E-state index contributed by atoms with van der Waals surface area (Å²) in [4.78, 5) is 0. The molecule has 1 rings (SSSR count). The van der Waals surface area contributed by atoms with Crippen LogP contribution in [0.15, 0.2) is 0 Å². The first-order valence-electron chi connectivity index (χ1n) is 4.90. The Labute approximate surface area is 95.2 Å². The van der Waals surface area contributed by atoms with Crippen molar-refractivity contribution in [1.29, 1.82) is 0 Å². The van der Waals surface area contributed by atoms with E-state index in [0.717, 1.165) is 35.7 Å². The largest absolute Gasteiger partial charge is 0.271 e. The highest BCUT2D eigenvalue weighted by molar-refractivity contribution is 6.31. The summed E-state index contributed by atoms with van der Waals surface area (Å²) in [6.07, 6.45) is 2.71. The lowest BCUT2D eigenvalue weighted by atomic mass is 10.2. The van der Waals surface area contributed by atoms with Gasteiger partial charge in [0, 0.05) is 12.4 Å². The standard InChI is InChI=1S/C10H16Cl2N2/c1-4-8-10(12)9(14(3)13-8)6-5-7(2)11/h7H,4-6H2,1-3H3. The van der Waals surface area contributed by atoms with E-state index in [1.54, 1.807) is 0 Å². The lowest BCUT2D eigenvalue weighted by Gasteiger charge is -2.03. The Balaban J connectivity index is 2.80. The number of aryl methyl sites for hydroxylation is 2. The van der Waals surface area contributed by atoms with Gasteiger partial charge in [0.05, 0.1) is 16.4 Å². The Hall–Kier alpha value is -0.210. The topological polar surface area (TPSA) is 17.8 Å². The van der Waals surface area contributed by atoms with Crippen LogP contribution in [0.4, 0.5) is 0 Å². The van der Waals surface area contributed by atoms with Crippen LogP contribution >= 0.6 is 23.2 Å². The van der Waals surface area contributed by atoms with E-state index >= 15 is 0 Å². The van der Waals surface area contributed by atoms with Crippen molar-refractivity contribution in [3.8, 4) is 0 Å². The molecule has 1 unspecified atom stereocenters. The van der Waals surface area contributed by atoms with E-state index in [1.165, 1.54) is 0 Å². The van der Waals surface area contributed by atoms with Crippen LogP contribution in [-0.4, -0.2) is 15.2 Å². The van der Waals surface area contributed by atoms with Crippen molar-refractivity contribution in [3.63, 3.8) is 0 Å². The molecule has 1 aromatic rings. The fourth-order valence-corrected chi connectivity index (χ4v) is 1.92. The van der Waals surface area contributed by atoms with Crippen molar-refractivity contribution in [3.05, 3.63) is 16.4 Å². The van der Waals surface area contributed by atoms with Crippen LogP contribution in [0.25, 0.3) is 0 Å². The van der Waals surface area contributed by atoms with Crippen LogP contribution in [0.5, 0.6) is 0 Å². The molecule has 0 aromatic carbocycles. The Morgan fingerprint density at radius 3 is 2.57 bits per heavy atom. The van der Waals surface area contributed by atoms with Gasteiger partial charge in [-0.2, -0.15) is 5.10 Å². The van der Waals surface area contributed by atoms with Gasteiger partial charge in [0.25, 0.3) is 0 Å². The molecule has 0 aliphatic carbocycles. The number of hydrogen-bond acceptors (Lipinski definition) is 1. The van der Waals surface area contributed by atoms with Crippen molar-refractivity contribution in [2.24, 2.45) is 7.05 Å². The minimum Gasteiger partial charge on any atom is -0.271 e. The first-order chi connectivity index (χ1) is 6.56. The molecule has 1 aromatic heterocycles. The number of alkyl halides is 1. The molecule has 0 aliphatic rings. The van der Waals surface area contributed by atoms with E-state index in [4.69, 9.17) is 23.2 Å². The number of halogens is 2. The van der Waals surface area contributed by atoms with Crippen molar-refractivity contribution in [1.82, 2.24) is 9.78 Å². The Morgan fingerprint density at radius 2 is 2.14 bits per heavy atom. The third-order valence-electron chi connectivity index (χ3n) is 2.28. The van der Waals surface area contributed by atoms with E-state index in [1.807, 2.05) is 18.7 Å². The first kappa shape index (κ1) is 11.9. The van der Waals surface area contributed by atoms with E-state index in [0.29, 0.717) is 0 Å². The molecule has 0 bridgehead atoms. The highest BCUT2D eigenvalue weighted by Gasteiger charge is 2.12. The monoisotopic (exact) mass is 234 g/mol. The molecule has 0 radical (unpaired) electrons. The average Bonchev–Trinajstić information content (AvgIpc) is 2.39. The SMILES string of the molecule is CCc1nn(C)c(CCC(C)Cl)c1Cl. The molecule has 0 spiro atoms. The van der Waals surface area contributed by atoms with Crippen LogP contribution in [-0.2, 0) is 19.9 Å². The highest BCUT2D eigenvalue weighted by Crippen LogP contribution is 2.22. The zero-order valence-corrected chi connectivity index (χ0v) is 10.4. The normalized spacial score (nSPS) is 13.2. The summed E-state index contributed by atoms with van der Waals surface area (Å²) >= 11 is 12.1. The molecule has 0 saturated carbocycles. The molecular weight excluding hydrogens is 219 g/mol. The van der Waals surface area contributed by atoms with Crippen molar-refractivity contribution in [2.75, 3.05) is 0 Å². The fraction of sp³-hybridized carbons (Fsp3) is 0.700. The third-order valence-corrected chi connectivity index (χ3v) is 2.94. The molecule has 0 aliphatic heterocycles. The Kier molecular flexibility index (Phi) is 4.27. The van der Waals surface area contributed by atoms with Crippen LogP contribution in [0.1, 0.15) is 31.7 Å². The maximum absolute atomic E-state index is 6.19. The van der Waals surface area contributed by atoms with Crippen LogP contribution in [0.3, 0.4) is 0 Å². The summed E-state index contributed by atoms with van der Waals surface area (Å²) in [6.45, 7) is 4.05. The first-order valence-corrected chi connectivity index (χ1v) is 5.72. The zero-order chi connectivity index (χ0) is 10.7. The van der Waals surface area contributed by atoms with E-state index in [-0.39, 0.29) is 5.38 Å². The molecule has 80 valence electrons. The van der Waals surface area contributed by atoms with Gasteiger partial charge < -0.3 is 0 Å². The van der Waals surface area contributed by atoms with Crippen molar-refractivity contribution < 1.29 is 0 Å². The number of rotatable bonds is 4. The second-order valence-corrected chi connectivity index (χ2v) is 4.63. The molecule has 1 atom stereocenters. The lowest BCUT2D eigenvalue weighted by molar-refractivity contribution is 0.672. The minimum absolute atomic E-state index is 0.186. The smallest absolute Gasteiger partial charge is 0.0849 e. The quantitative estimate of drug-likeness (QED) is 0.733. The maximum Gasteiger partial charge on any atom is 0.0849 e. The molecule has 1 heterocycles. The second kappa shape index (κ2) is 5.04. The summed E-state index contributed by atoms with van der Waals surface area (Å²) in [6, 6.07) is 0. The van der Waals surface area contributed by atoms with Crippen molar-refractivity contribution >= 4 is 23.2 Å². The summed E-state index contributed by atoms with van der Waals surface area (Å²) in [7, 11) is 1.93. The fourth-order valence-electron chi connectivity index (χ4n) is 1.43. The van der Waals surface area contributed by atoms with Crippen LogP contribution < -0.4 is 0 Å². The molecule has 0 saturated heterocycles. The summed E-state index contributed by atoms with van der Waals surface area (Å²) < 4.78 is 1.86. The van der Waals surface area contributed by atoms with Gasteiger partial charge in [0.1, 0.15) is 0 Å². The van der Waals surface area contributed by atoms with Crippen LogP contribution in [0.2, 0.25) is 5.02 Å². The summed E-state index contributed by atoms with van der Waals surface area (Å²) in [5.74, 6) is 0. The number of nitrogens with zero attached hydrogens (tertiary/aromatic N) is 2. The minimum atomic E-state index is 0.186. The lowest BCUT2D eigenvalue weighted by Crippen LogP contribution is -2.02. The van der Waals surface area contributed by atoms with Crippen molar-refractivity contribution in [2.45, 2.75) is 38.5 Å². The number of aromatic nitrogens is 2. The van der Waals surface area contributed by atoms with E-state index in [9.17, 15) is 0 Å². The highest BCUT2D eigenvalue weighted by atomic mass is 35.5. The van der Waals surface area contributed by atoms with E-state index in [2.05, 4.69) is 12.0 Å². The molecule has 0 fully saturated rings. The van der Waals surface area contributed by atoms with Gasteiger partial charge in [-0.15, -0.1) is 11.6 Å². The Morgan fingerprint density at radius 1 is 1.50 bits per heavy atom. The van der Waals surface area contributed by atoms with E-state index < -0.39 is 0 Å². The summed E-state index contributed by atoms with van der Waals surface area (Å²) in [5, 5.41) is 5.35. The second-order valence-electron chi connectivity index (χ2n) is 3.50. The molecule has 0 amide bonds. The van der Waals surface area contributed by atoms with Crippen LogP contribution in [0, 0.1) is 0 Å². The predicted octanol–water partition coefficient (Wildman–Crippen LogP) is 3.20. The van der Waals surface area contributed by atoms with Gasteiger partial charge in [-0.25, -0.2) is 0 Å². The third kappa shape index (κ3) is 2.64. The summed E-state index contributed by atoms with van der Waals surface area (Å²) in [5.41, 5.74) is 2.07. The van der Waals surface area contributed by atoms with Gasteiger partial charge in [-0.3, -0.25) is 4.68 Å². The predicted molar refractivity (Wildman–Crippen MR) is 61.2 cm³/mol. The van der Waals surface area contributed by atoms with Gasteiger partial charge in [0.2, 0.25) is 0 Å². The number of hydrogen-bond donors (Lipinski definition) is 0. The Bertz CT molecular complexity index is 305. The molecule has 4 heteroatoms. The van der Waals surface area contributed by atoms with Gasteiger partial charge in [-0.1, -0.05) is 18.5 Å². The average molecular weight is 235 g/mol. The van der Waals surface area contributed by atoms with Gasteiger partial charge in [-0.05, 0) is 26.2 Å². The maximum atomic E-state index is 6.19.